The number of rotatable bonds is 19. The molecule has 2 N–H and O–H groups in total. The Morgan fingerprint density at radius 1 is 1.07 bits per heavy atom. The van der Waals surface area contributed by atoms with Gasteiger partial charge in [-0.25, -0.2) is 0 Å². The van der Waals surface area contributed by atoms with Gasteiger partial charge in [-0.1, -0.05) is 43.3 Å². The van der Waals surface area contributed by atoms with Crippen LogP contribution in [0.2, 0.25) is 0 Å². The molecule has 2 aromatic carbocycles. The molecule has 1 aromatic heterocycles. The van der Waals surface area contributed by atoms with Crippen LogP contribution in [-0.2, 0) is 21.7 Å². The summed E-state index contributed by atoms with van der Waals surface area (Å²) in [6, 6.07) is 17.1. The van der Waals surface area contributed by atoms with Crippen LogP contribution in [0.1, 0.15) is 106 Å². The maximum atomic E-state index is 12.9. The normalized spacial score (nSPS) is 16.5. The number of para-hydroxylation sites is 1. The van der Waals surface area contributed by atoms with E-state index in [-0.39, 0.29) is 18.1 Å². The second-order valence-electron chi connectivity index (χ2n) is 13.3. The minimum absolute atomic E-state index is 0.196. The molecule has 2 aliphatic carbocycles. The summed E-state index contributed by atoms with van der Waals surface area (Å²) in [6.45, 7) is 8.14. The predicted molar refractivity (Wildman–Crippen MR) is 182 cm³/mol. The summed E-state index contributed by atoms with van der Waals surface area (Å²) in [6.07, 6.45) is 12.2. The maximum absolute atomic E-state index is 12.9. The number of benzene rings is 2. The highest BCUT2D eigenvalue weighted by atomic mass is 16.5. The lowest BCUT2D eigenvalue weighted by atomic mass is 9.92. The summed E-state index contributed by atoms with van der Waals surface area (Å²) in [7, 11) is 0. The minimum atomic E-state index is -0.662. The van der Waals surface area contributed by atoms with Crippen LogP contribution in [0.15, 0.2) is 60.9 Å². The minimum Gasteiger partial charge on any atom is -0.490 e. The van der Waals surface area contributed by atoms with Crippen molar-refractivity contribution in [3.8, 4) is 16.9 Å². The summed E-state index contributed by atoms with van der Waals surface area (Å²) in [5.41, 5.74) is 6.75. The fourth-order valence-corrected chi connectivity index (χ4v) is 6.24. The summed E-state index contributed by atoms with van der Waals surface area (Å²) in [5, 5.41) is 18.5. The van der Waals surface area contributed by atoms with Gasteiger partial charge in [-0.2, -0.15) is 0 Å². The molecular weight excluding hydrogens is 576 g/mol. The number of carbonyl (C=O) groups excluding carboxylic acids is 1. The number of pyridine rings is 1. The van der Waals surface area contributed by atoms with Gasteiger partial charge in [0.25, 0.3) is 0 Å². The smallest absolute Gasteiger partial charge is 0.222 e. The maximum Gasteiger partial charge on any atom is 0.222 e. The fourth-order valence-electron chi connectivity index (χ4n) is 6.24. The van der Waals surface area contributed by atoms with Crippen LogP contribution >= 0.6 is 0 Å². The number of hydrogen-bond acceptors (Lipinski definition) is 6. The molecule has 46 heavy (non-hydrogen) atoms. The average Bonchev–Trinajstić information content (AvgIpc) is 4.02. The SMILES string of the molecule is CCN(CCCCC(O)CO)C(=O)CCCC(C)c1ccc(C)c(COC2(c3cnccc3-c3ccccc3OC3CC3)CC2)c1. The Bertz CT molecular complexity index is 1430. The first kappa shape index (κ1) is 34.1. The summed E-state index contributed by atoms with van der Waals surface area (Å²) in [5.74, 6) is 1.47. The number of carbonyl (C=O) groups is 1. The van der Waals surface area contributed by atoms with Gasteiger partial charge >= 0.3 is 0 Å². The van der Waals surface area contributed by atoms with E-state index in [1.54, 1.807) is 0 Å². The van der Waals surface area contributed by atoms with Crippen LogP contribution in [0.4, 0.5) is 0 Å². The Hall–Kier alpha value is -3.26. The van der Waals surface area contributed by atoms with E-state index in [2.05, 4.69) is 61.3 Å². The average molecular weight is 629 g/mol. The van der Waals surface area contributed by atoms with Gasteiger partial charge in [0.2, 0.25) is 5.91 Å². The van der Waals surface area contributed by atoms with E-state index in [4.69, 9.17) is 14.6 Å². The van der Waals surface area contributed by atoms with Gasteiger partial charge in [-0.15, -0.1) is 0 Å². The Morgan fingerprint density at radius 2 is 1.87 bits per heavy atom. The monoisotopic (exact) mass is 628 g/mol. The first-order valence-electron chi connectivity index (χ1n) is 17.3. The number of unbranched alkanes of at least 4 members (excludes halogenated alkanes) is 1. The number of aromatic nitrogens is 1. The van der Waals surface area contributed by atoms with Crippen molar-refractivity contribution in [2.75, 3.05) is 19.7 Å². The molecule has 0 radical (unpaired) electrons. The molecule has 2 fully saturated rings. The van der Waals surface area contributed by atoms with E-state index in [9.17, 15) is 9.90 Å². The third-order valence-electron chi connectivity index (χ3n) is 9.65. The molecule has 2 aliphatic rings. The molecule has 3 aromatic rings. The highest BCUT2D eigenvalue weighted by Gasteiger charge is 2.47. The van der Waals surface area contributed by atoms with Gasteiger partial charge in [0.05, 0.1) is 31.0 Å². The van der Waals surface area contributed by atoms with Gasteiger partial charge in [0.15, 0.2) is 0 Å². The molecule has 5 rings (SSSR count). The van der Waals surface area contributed by atoms with Crippen molar-refractivity contribution >= 4 is 5.91 Å². The Labute approximate surface area is 275 Å². The van der Waals surface area contributed by atoms with E-state index < -0.39 is 6.10 Å². The molecule has 0 aliphatic heterocycles. The van der Waals surface area contributed by atoms with Crippen molar-refractivity contribution in [1.29, 1.82) is 0 Å². The van der Waals surface area contributed by atoms with Crippen molar-refractivity contribution < 1.29 is 24.5 Å². The van der Waals surface area contributed by atoms with Crippen molar-refractivity contribution in [2.24, 2.45) is 0 Å². The first-order chi connectivity index (χ1) is 22.3. The Morgan fingerprint density at radius 3 is 2.61 bits per heavy atom. The van der Waals surface area contributed by atoms with Crippen LogP contribution in [0.5, 0.6) is 5.75 Å². The lowest BCUT2D eigenvalue weighted by Gasteiger charge is -2.23. The second-order valence-corrected chi connectivity index (χ2v) is 13.3. The van der Waals surface area contributed by atoms with E-state index in [0.29, 0.717) is 44.6 Å². The van der Waals surface area contributed by atoms with Gasteiger partial charge < -0.3 is 24.6 Å². The Balaban J connectivity index is 1.17. The van der Waals surface area contributed by atoms with Crippen LogP contribution in [0.25, 0.3) is 11.1 Å². The van der Waals surface area contributed by atoms with E-state index in [1.807, 2.05) is 30.3 Å². The molecule has 2 saturated carbocycles. The zero-order valence-corrected chi connectivity index (χ0v) is 27.9. The third kappa shape index (κ3) is 8.96. The molecule has 0 spiro atoms. The molecule has 2 atom stereocenters. The highest BCUT2D eigenvalue weighted by Crippen LogP contribution is 2.53. The van der Waals surface area contributed by atoms with Crippen molar-refractivity contribution in [3.05, 3.63) is 83.2 Å². The number of ether oxygens (including phenoxy) is 2. The van der Waals surface area contributed by atoms with Gasteiger partial charge in [0.1, 0.15) is 5.75 Å². The van der Waals surface area contributed by atoms with Gasteiger partial charge in [0, 0.05) is 43.0 Å². The number of aliphatic hydroxyl groups is 2. The summed E-state index contributed by atoms with van der Waals surface area (Å²) >= 11 is 0. The first-order valence-corrected chi connectivity index (χ1v) is 17.3. The zero-order chi connectivity index (χ0) is 32.5. The van der Waals surface area contributed by atoms with Crippen LogP contribution < -0.4 is 4.74 Å². The largest absolute Gasteiger partial charge is 0.490 e. The van der Waals surface area contributed by atoms with Crippen LogP contribution in [0.3, 0.4) is 0 Å². The van der Waals surface area contributed by atoms with E-state index in [0.717, 1.165) is 73.8 Å². The number of amides is 1. The summed E-state index contributed by atoms with van der Waals surface area (Å²) < 4.78 is 13.0. The predicted octanol–water partition coefficient (Wildman–Crippen LogP) is 7.45. The lowest BCUT2D eigenvalue weighted by molar-refractivity contribution is -0.131. The van der Waals surface area contributed by atoms with Gasteiger partial charge in [-0.05, 0) is 112 Å². The third-order valence-corrected chi connectivity index (χ3v) is 9.65. The lowest BCUT2D eigenvalue weighted by Crippen LogP contribution is -2.31. The molecule has 0 bridgehead atoms. The highest BCUT2D eigenvalue weighted by molar-refractivity contribution is 5.76. The van der Waals surface area contributed by atoms with Crippen molar-refractivity contribution in [1.82, 2.24) is 9.88 Å². The topological polar surface area (TPSA) is 92.1 Å². The Kier molecular flexibility index (Phi) is 11.9. The molecule has 1 amide bonds. The molecule has 0 saturated heterocycles. The quantitative estimate of drug-likeness (QED) is 0.134. The fraction of sp³-hybridized carbons (Fsp3) is 0.538. The summed E-state index contributed by atoms with van der Waals surface area (Å²) in [4.78, 5) is 19.3. The standard InChI is InChI=1S/C39H52N2O5/c1-4-41(23-8-7-11-32(43)26-42)38(44)14-9-10-28(2)30-16-15-29(3)31(24-30)27-45-39(20-21-39)36-25-40-22-19-34(36)35-12-5-6-13-37(35)46-33-17-18-33/h5-6,12-13,15-16,19,22,24-25,28,32-33,42-43H,4,7-11,14,17-18,20-21,23,26-27H2,1-3H3. The molecule has 2 unspecified atom stereocenters. The number of hydrogen-bond donors (Lipinski definition) is 2. The van der Waals surface area contributed by atoms with E-state index in [1.165, 1.54) is 16.7 Å². The molecule has 248 valence electrons. The molecule has 1 heterocycles. The number of aliphatic hydroxyl groups excluding tert-OH is 2. The molecule has 7 nitrogen and oxygen atoms in total. The van der Waals surface area contributed by atoms with Gasteiger partial charge in [-0.3, -0.25) is 9.78 Å². The number of nitrogens with zero attached hydrogens (tertiary/aromatic N) is 2. The van der Waals surface area contributed by atoms with Crippen molar-refractivity contribution in [3.63, 3.8) is 0 Å². The van der Waals surface area contributed by atoms with E-state index >= 15 is 0 Å². The number of aryl methyl sites for hydroxylation is 1. The zero-order valence-electron chi connectivity index (χ0n) is 27.9. The second kappa shape index (κ2) is 16.0. The van der Waals surface area contributed by atoms with Crippen molar-refractivity contribution in [2.45, 2.75) is 115 Å². The van der Waals surface area contributed by atoms with Crippen LogP contribution in [0, 0.1) is 6.92 Å². The molecular formula is C39H52N2O5. The van der Waals surface area contributed by atoms with Crippen LogP contribution in [-0.4, -0.2) is 57.9 Å². The molecule has 7 heteroatoms.